The van der Waals surface area contributed by atoms with E-state index in [1.54, 1.807) is 21.0 Å². The van der Waals surface area contributed by atoms with Gasteiger partial charge in [0, 0.05) is 32.2 Å². The Bertz CT molecular complexity index is 765. The van der Waals surface area contributed by atoms with Gasteiger partial charge in [-0.1, -0.05) is 29.8 Å². The van der Waals surface area contributed by atoms with Crippen molar-refractivity contribution >= 4 is 17.5 Å². The molecule has 1 atom stereocenters. The van der Waals surface area contributed by atoms with Gasteiger partial charge in [-0.2, -0.15) is 0 Å². The van der Waals surface area contributed by atoms with Crippen molar-refractivity contribution in [3.8, 4) is 11.5 Å². The summed E-state index contributed by atoms with van der Waals surface area (Å²) in [6.45, 7) is 5.57. The molecule has 146 valence electrons. The molecule has 1 amide bonds. The first kappa shape index (κ1) is 21.1. The second-order valence-electron chi connectivity index (χ2n) is 6.44. The first-order valence-electron chi connectivity index (χ1n) is 8.99. The normalized spacial score (nSPS) is 11.7. The average Bonchev–Trinajstić information content (AvgIpc) is 2.63. The lowest BCUT2D eigenvalue weighted by atomic mass is 10.2. The summed E-state index contributed by atoms with van der Waals surface area (Å²) in [4.78, 5) is 13.5. The molecule has 2 rings (SSSR count). The summed E-state index contributed by atoms with van der Waals surface area (Å²) in [5, 5.41) is 4.12. The first-order valence-corrected chi connectivity index (χ1v) is 9.37. The quantitative estimate of drug-likeness (QED) is 0.705. The van der Waals surface area contributed by atoms with Gasteiger partial charge in [0.05, 0.1) is 6.61 Å². The van der Waals surface area contributed by atoms with Crippen molar-refractivity contribution in [3.63, 3.8) is 0 Å². The van der Waals surface area contributed by atoms with E-state index in [4.69, 9.17) is 21.1 Å². The van der Waals surface area contributed by atoms with E-state index < -0.39 is 6.10 Å². The van der Waals surface area contributed by atoms with Gasteiger partial charge in [0.2, 0.25) is 0 Å². The molecule has 1 unspecified atom stereocenters. The molecule has 0 aliphatic rings. The second-order valence-corrected chi connectivity index (χ2v) is 6.88. The summed E-state index contributed by atoms with van der Waals surface area (Å²) in [6, 6.07) is 13.5. The highest BCUT2D eigenvalue weighted by molar-refractivity contribution is 6.30. The lowest BCUT2D eigenvalue weighted by molar-refractivity contribution is -0.135. The summed E-state index contributed by atoms with van der Waals surface area (Å²) >= 11 is 6.01. The Morgan fingerprint density at radius 3 is 2.44 bits per heavy atom. The minimum absolute atomic E-state index is 0.0929. The third-order valence-corrected chi connectivity index (χ3v) is 4.18. The van der Waals surface area contributed by atoms with Gasteiger partial charge in [0.1, 0.15) is 0 Å². The standard InChI is InChI=1S/C21H27ClN2O3/c1-5-26-20-12-17(14-23-13-16-7-6-8-18(22)11-16)9-10-19(20)27-15(2)21(25)24(3)4/h6-12,15,23H,5,13-14H2,1-4H3. The molecule has 0 heterocycles. The van der Waals surface area contributed by atoms with E-state index in [9.17, 15) is 4.79 Å². The molecule has 5 nitrogen and oxygen atoms in total. The van der Waals surface area contributed by atoms with Crippen molar-refractivity contribution in [1.82, 2.24) is 10.2 Å². The van der Waals surface area contributed by atoms with Crippen molar-refractivity contribution in [2.24, 2.45) is 0 Å². The van der Waals surface area contributed by atoms with Crippen molar-refractivity contribution < 1.29 is 14.3 Å². The molecule has 2 aromatic carbocycles. The molecule has 0 bridgehead atoms. The predicted octanol–water partition coefficient (Wildman–Crippen LogP) is 3.88. The van der Waals surface area contributed by atoms with Crippen LogP contribution in [0.15, 0.2) is 42.5 Å². The Hall–Kier alpha value is -2.24. The minimum Gasteiger partial charge on any atom is -0.490 e. The highest BCUT2D eigenvalue weighted by Crippen LogP contribution is 2.29. The van der Waals surface area contributed by atoms with Crippen LogP contribution in [0.25, 0.3) is 0 Å². The van der Waals surface area contributed by atoms with E-state index in [1.807, 2.05) is 49.4 Å². The van der Waals surface area contributed by atoms with E-state index >= 15 is 0 Å². The number of carbonyl (C=O) groups excluding carboxylic acids is 1. The zero-order valence-electron chi connectivity index (χ0n) is 16.3. The molecule has 0 aliphatic heterocycles. The summed E-state index contributed by atoms with van der Waals surface area (Å²) in [7, 11) is 3.42. The molecule has 0 spiro atoms. The van der Waals surface area contributed by atoms with Crippen molar-refractivity contribution in [2.75, 3.05) is 20.7 Å². The number of rotatable bonds is 9. The van der Waals surface area contributed by atoms with Crippen LogP contribution >= 0.6 is 11.6 Å². The number of nitrogens with one attached hydrogen (secondary N) is 1. The fourth-order valence-corrected chi connectivity index (χ4v) is 2.84. The monoisotopic (exact) mass is 390 g/mol. The van der Waals surface area contributed by atoms with Crippen LogP contribution in [0.2, 0.25) is 5.02 Å². The molecular formula is C21H27ClN2O3. The Kier molecular flexibility index (Phi) is 7.95. The highest BCUT2D eigenvalue weighted by Gasteiger charge is 2.18. The molecule has 2 aromatic rings. The molecule has 1 N–H and O–H groups in total. The number of ether oxygens (including phenoxy) is 2. The summed E-state index contributed by atoms with van der Waals surface area (Å²) in [5.74, 6) is 1.11. The molecule has 0 fully saturated rings. The maximum atomic E-state index is 12.0. The maximum Gasteiger partial charge on any atom is 0.262 e. The van der Waals surface area contributed by atoms with E-state index in [2.05, 4.69) is 5.32 Å². The Labute approximate surface area is 166 Å². The van der Waals surface area contributed by atoms with E-state index in [-0.39, 0.29) is 5.91 Å². The van der Waals surface area contributed by atoms with Gasteiger partial charge >= 0.3 is 0 Å². The molecule has 0 aliphatic carbocycles. The Morgan fingerprint density at radius 1 is 1.11 bits per heavy atom. The summed E-state index contributed by atoms with van der Waals surface area (Å²) in [5.41, 5.74) is 2.20. The van der Waals surface area contributed by atoms with Crippen LogP contribution in [0.1, 0.15) is 25.0 Å². The van der Waals surface area contributed by atoms with Gasteiger partial charge in [-0.3, -0.25) is 4.79 Å². The minimum atomic E-state index is -0.578. The number of benzene rings is 2. The number of hydrogen-bond acceptors (Lipinski definition) is 4. The molecule has 27 heavy (non-hydrogen) atoms. The molecule has 0 saturated heterocycles. The lowest BCUT2D eigenvalue weighted by Gasteiger charge is -2.20. The zero-order chi connectivity index (χ0) is 19.8. The summed E-state index contributed by atoms with van der Waals surface area (Å²) < 4.78 is 11.5. The summed E-state index contributed by atoms with van der Waals surface area (Å²) in [6.07, 6.45) is -0.578. The van der Waals surface area contributed by atoms with Crippen LogP contribution in [-0.2, 0) is 17.9 Å². The SMILES string of the molecule is CCOc1cc(CNCc2cccc(Cl)c2)ccc1OC(C)C(=O)N(C)C. The van der Waals surface area contributed by atoms with Crippen molar-refractivity contribution in [1.29, 1.82) is 0 Å². The van der Waals surface area contributed by atoms with Gasteiger partial charge in [0.15, 0.2) is 17.6 Å². The fourth-order valence-electron chi connectivity index (χ4n) is 2.63. The van der Waals surface area contributed by atoms with Crippen molar-refractivity contribution in [2.45, 2.75) is 33.0 Å². The van der Waals surface area contributed by atoms with Gasteiger partial charge in [-0.15, -0.1) is 0 Å². The number of halogens is 1. The van der Waals surface area contributed by atoms with Gasteiger partial charge in [-0.25, -0.2) is 0 Å². The van der Waals surface area contributed by atoms with Crippen molar-refractivity contribution in [3.05, 3.63) is 58.6 Å². The van der Waals surface area contributed by atoms with Gasteiger partial charge < -0.3 is 19.7 Å². The molecule has 0 radical (unpaired) electrons. The molecule has 0 aromatic heterocycles. The van der Waals surface area contributed by atoms with Gasteiger partial charge in [-0.05, 0) is 49.2 Å². The first-order chi connectivity index (χ1) is 12.9. The molecule has 6 heteroatoms. The number of hydrogen-bond donors (Lipinski definition) is 1. The maximum absolute atomic E-state index is 12.0. The van der Waals surface area contributed by atoms with Crippen LogP contribution in [0.3, 0.4) is 0 Å². The van der Waals surface area contributed by atoms with Crippen LogP contribution in [-0.4, -0.2) is 37.6 Å². The van der Waals surface area contributed by atoms with Crippen LogP contribution in [0.4, 0.5) is 0 Å². The third-order valence-electron chi connectivity index (χ3n) is 3.95. The highest BCUT2D eigenvalue weighted by atomic mass is 35.5. The van der Waals surface area contributed by atoms with E-state index in [0.29, 0.717) is 24.7 Å². The largest absolute Gasteiger partial charge is 0.490 e. The second kappa shape index (κ2) is 10.2. The van der Waals surface area contributed by atoms with Crippen LogP contribution in [0, 0.1) is 0 Å². The van der Waals surface area contributed by atoms with Crippen LogP contribution < -0.4 is 14.8 Å². The van der Waals surface area contributed by atoms with E-state index in [0.717, 1.165) is 22.7 Å². The predicted molar refractivity (Wildman–Crippen MR) is 108 cm³/mol. The smallest absolute Gasteiger partial charge is 0.262 e. The lowest BCUT2D eigenvalue weighted by Crippen LogP contribution is -2.35. The average molecular weight is 391 g/mol. The Balaban J connectivity index is 2.02. The third kappa shape index (κ3) is 6.45. The molecule has 0 saturated carbocycles. The number of nitrogens with zero attached hydrogens (tertiary/aromatic N) is 1. The van der Waals surface area contributed by atoms with Crippen LogP contribution in [0.5, 0.6) is 11.5 Å². The Morgan fingerprint density at radius 2 is 1.81 bits per heavy atom. The van der Waals surface area contributed by atoms with Gasteiger partial charge in [0.25, 0.3) is 5.91 Å². The number of carbonyl (C=O) groups is 1. The topological polar surface area (TPSA) is 50.8 Å². The fraction of sp³-hybridized carbons (Fsp3) is 0.381. The zero-order valence-corrected chi connectivity index (χ0v) is 17.0. The van der Waals surface area contributed by atoms with E-state index in [1.165, 1.54) is 4.90 Å². The number of likely N-dealkylation sites (N-methyl/N-ethyl adjacent to an activating group) is 1. The molecular weight excluding hydrogens is 364 g/mol. The number of amides is 1.